The number of thioether (sulfide) groups is 1. The summed E-state index contributed by atoms with van der Waals surface area (Å²) in [5.41, 5.74) is 0. The number of carboxylic acid groups (broad SMARTS) is 1. The number of benzene rings is 1. The largest absolute Gasteiger partial charge is 0.480 e. The highest BCUT2D eigenvalue weighted by atomic mass is 32.2. The standard InChI is InChI=1S/C12H15NO4S/c14-11(8-17-9-12(15)16)13-6-7-18-10-4-2-1-3-5-10/h1-5H,6-9H2,(H,13,14)(H,15,16). The summed E-state index contributed by atoms with van der Waals surface area (Å²) in [7, 11) is 0. The first kappa shape index (κ1) is 14.5. The van der Waals surface area contributed by atoms with Gasteiger partial charge in [-0.05, 0) is 12.1 Å². The van der Waals surface area contributed by atoms with Crippen molar-refractivity contribution in [3.63, 3.8) is 0 Å². The van der Waals surface area contributed by atoms with E-state index in [1.54, 1.807) is 11.8 Å². The van der Waals surface area contributed by atoms with Gasteiger partial charge in [-0.15, -0.1) is 11.8 Å². The Morgan fingerprint density at radius 1 is 1.22 bits per heavy atom. The average Bonchev–Trinajstić information content (AvgIpc) is 2.35. The lowest BCUT2D eigenvalue weighted by Gasteiger charge is -2.05. The van der Waals surface area contributed by atoms with E-state index >= 15 is 0 Å². The summed E-state index contributed by atoms with van der Waals surface area (Å²) in [4.78, 5) is 22.5. The number of aliphatic carboxylic acids is 1. The molecular formula is C12H15NO4S. The minimum absolute atomic E-state index is 0.220. The maximum Gasteiger partial charge on any atom is 0.329 e. The van der Waals surface area contributed by atoms with Gasteiger partial charge in [0.15, 0.2) is 0 Å². The highest BCUT2D eigenvalue weighted by Crippen LogP contribution is 2.15. The molecule has 0 radical (unpaired) electrons. The molecular weight excluding hydrogens is 254 g/mol. The van der Waals surface area contributed by atoms with Crippen LogP contribution in [0.2, 0.25) is 0 Å². The molecule has 6 heteroatoms. The first-order valence-electron chi connectivity index (χ1n) is 5.42. The van der Waals surface area contributed by atoms with Gasteiger partial charge in [0.1, 0.15) is 13.2 Å². The van der Waals surface area contributed by atoms with Crippen LogP contribution in [-0.4, -0.2) is 42.5 Å². The van der Waals surface area contributed by atoms with Crippen LogP contribution in [0.25, 0.3) is 0 Å². The third-order valence-corrected chi connectivity index (χ3v) is 2.91. The molecule has 1 rings (SSSR count). The molecule has 1 amide bonds. The molecule has 0 atom stereocenters. The molecule has 0 fully saturated rings. The van der Waals surface area contributed by atoms with Crippen LogP contribution in [0.15, 0.2) is 35.2 Å². The maximum absolute atomic E-state index is 11.2. The van der Waals surface area contributed by atoms with E-state index in [0.29, 0.717) is 6.54 Å². The van der Waals surface area contributed by atoms with Gasteiger partial charge in [0, 0.05) is 17.2 Å². The SMILES string of the molecule is O=C(O)COCC(=O)NCCSc1ccccc1. The fraction of sp³-hybridized carbons (Fsp3) is 0.333. The normalized spacial score (nSPS) is 10.0. The van der Waals surface area contributed by atoms with Gasteiger partial charge in [-0.2, -0.15) is 0 Å². The van der Waals surface area contributed by atoms with E-state index in [4.69, 9.17) is 5.11 Å². The van der Waals surface area contributed by atoms with Crippen molar-refractivity contribution in [2.45, 2.75) is 4.90 Å². The van der Waals surface area contributed by atoms with E-state index in [1.165, 1.54) is 0 Å². The molecule has 0 saturated carbocycles. The summed E-state index contributed by atoms with van der Waals surface area (Å²) in [5, 5.41) is 11.0. The molecule has 18 heavy (non-hydrogen) atoms. The van der Waals surface area contributed by atoms with Gasteiger partial charge in [-0.25, -0.2) is 4.79 Å². The van der Waals surface area contributed by atoms with Crippen molar-refractivity contribution in [1.82, 2.24) is 5.32 Å². The number of nitrogens with one attached hydrogen (secondary N) is 1. The zero-order valence-electron chi connectivity index (χ0n) is 9.80. The number of amides is 1. The van der Waals surface area contributed by atoms with Crippen molar-refractivity contribution in [3.8, 4) is 0 Å². The second-order valence-corrected chi connectivity index (χ2v) is 4.57. The van der Waals surface area contributed by atoms with E-state index in [9.17, 15) is 9.59 Å². The van der Waals surface area contributed by atoms with Gasteiger partial charge < -0.3 is 15.2 Å². The summed E-state index contributed by atoms with van der Waals surface area (Å²) in [6, 6.07) is 9.87. The highest BCUT2D eigenvalue weighted by molar-refractivity contribution is 7.99. The minimum Gasteiger partial charge on any atom is -0.480 e. The Morgan fingerprint density at radius 3 is 2.61 bits per heavy atom. The van der Waals surface area contributed by atoms with E-state index in [0.717, 1.165) is 10.6 Å². The lowest BCUT2D eigenvalue weighted by molar-refractivity contribution is -0.143. The predicted octanol–water partition coefficient (Wildman–Crippen LogP) is 0.996. The second kappa shape index (κ2) is 8.54. The fourth-order valence-electron chi connectivity index (χ4n) is 1.16. The molecule has 0 aromatic heterocycles. The molecule has 0 bridgehead atoms. The molecule has 0 aliphatic rings. The number of carbonyl (C=O) groups is 2. The van der Waals surface area contributed by atoms with E-state index in [1.807, 2.05) is 30.3 Å². The van der Waals surface area contributed by atoms with E-state index in [-0.39, 0.29) is 12.5 Å². The van der Waals surface area contributed by atoms with Crippen LogP contribution >= 0.6 is 11.8 Å². The molecule has 0 aliphatic heterocycles. The van der Waals surface area contributed by atoms with Crippen molar-refractivity contribution < 1.29 is 19.4 Å². The van der Waals surface area contributed by atoms with Crippen molar-refractivity contribution in [2.24, 2.45) is 0 Å². The first-order chi connectivity index (χ1) is 8.68. The van der Waals surface area contributed by atoms with Crippen LogP contribution in [0.3, 0.4) is 0 Å². The van der Waals surface area contributed by atoms with Crippen LogP contribution < -0.4 is 5.32 Å². The molecule has 2 N–H and O–H groups in total. The Morgan fingerprint density at radius 2 is 1.94 bits per heavy atom. The van der Waals surface area contributed by atoms with Gasteiger partial charge in [-0.1, -0.05) is 18.2 Å². The number of hydrogen-bond acceptors (Lipinski definition) is 4. The van der Waals surface area contributed by atoms with Crippen molar-refractivity contribution >= 4 is 23.6 Å². The molecule has 1 aromatic carbocycles. The predicted molar refractivity (Wildman–Crippen MR) is 68.6 cm³/mol. The molecule has 0 saturated heterocycles. The summed E-state index contributed by atoms with van der Waals surface area (Å²) < 4.78 is 4.65. The lowest BCUT2D eigenvalue weighted by Crippen LogP contribution is -2.30. The van der Waals surface area contributed by atoms with Crippen LogP contribution in [0, 0.1) is 0 Å². The van der Waals surface area contributed by atoms with E-state index < -0.39 is 12.6 Å². The molecule has 0 unspecified atom stereocenters. The Kier molecular flexibility index (Phi) is 6.90. The number of carbonyl (C=O) groups excluding carboxylic acids is 1. The van der Waals surface area contributed by atoms with Crippen molar-refractivity contribution in [2.75, 3.05) is 25.5 Å². The zero-order chi connectivity index (χ0) is 13.2. The van der Waals surface area contributed by atoms with Crippen LogP contribution in [0.1, 0.15) is 0 Å². The lowest BCUT2D eigenvalue weighted by atomic mass is 10.4. The van der Waals surface area contributed by atoms with Gasteiger partial charge in [0.2, 0.25) is 5.91 Å². The van der Waals surface area contributed by atoms with Crippen LogP contribution in [-0.2, 0) is 14.3 Å². The van der Waals surface area contributed by atoms with Gasteiger partial charge in [0.25, 0.3) is 0 Å². The fourth-order valence-corrected chi connectivity index (χ4v) is 1.95. The Hall–Kier alpha value is -1.53. The molecule has 0 heterocycles. The molecule has 0 spiro atoms. The van der Waals surface area contributed by atoms with Crippen LogP contribution in [0.5, 0.6) is 0 Å². The number of hydrogen-bond donors (Lipinski definition) is 2. The zero-order valence-corrected chi connectivity index (χ0v) is 10.6. The minimum atomic E-state index is -1.08. The number of ether oxygens (including phenoxy) is 1. The monoisotopic (exact) mass is 269 g/mol. The molecule has 1 aromatic rings. The first-order valence-corrected chi connectivity index (χ1v) is 6.41. The third kappa shape index (κ3) is 6.93. The summed E-state index contributed by atoms with van der Waals surface area (Å²) in [6.07, 6.45) is 0. The van der Waals surface area contributed by atoms with Crippen molar-refractivity contribution in [1.29, 1.82) is 0 Å². The highest BCUT2D eigenvalue weighted by Gasteiger charge is 2.03. The Labute approximate surface area is 110 Å². The second-order valence-electron chi connectivity index (χ2n) is 3.40. The topological polar surface area (TPSA) is 75.6 Å². The number of rotatable bonds is 8. The smallest absolute Gasteiger partial charge is 0.329 e. The maximum atomic E-state index is 11.2. The third-order valence-electron chi connectivity index (χ3n) is 1.89. The van der Waals surface area contributed by atoms with Gasteiger partial charge in [0.05, 0.1) is 0 Å². The molecule has 5 nitrogen and oxygen atoms in total. The molecule has 0 aliphatic carbocycles. The summed E-state index contributed by atoms with van der Waals surface area (Å²) in [5.74, 6) is -0.623. The van der Waals surface area contributed by atoms with Gasteiger partial charge in [-0.3, -0.25) is 4.79 Å². The Balaban J connectivity index is 2.04. The van der Waals surface area contributed by atoms with Gasteiger partial charge >= 0.3 is 5.97 Å². The Bertz CT molecular complexity index is 383. The van der Waals surface area contributed by atoms with Crippen molar-refractivity contribution in [3.05, 3.63) is 30.3 Å². The summed E-state index contributed by atoms with van der Waals surface area (Å²) >= 11 is 1.64. The summed E-state index contributed by atoms with van der Waals surface area (Å²) in [6.45, 7) is -0.149. The van der Waals surface area contributed by atoms with E-state index in [2.05, 4.69) is 10.1 Å². The quantitative estimate of drug-likeness (QED) is 0.544. The molecule has 98 valence electrons. The number of carboxylic acids is 1. The average molecular weight is 269 g/mol. The van der Waals surface area contributed by atoms with Crippen LogP contribution in [0.4, 0.5) is 0 Å².